The van der Waals surface area contributed by atoms with Crippen molar-refractivity contribution < 1.29 is 9.59 Å². The van der Waals surface area contributed by atoms with Gasteiger partial charge >= 0.3 is 6.03 Å². The van der Waals surface area contributed by atoms with Crippen LogP contribution >= 0.6 is 0 Å². The number of piperazine rings is 1. The monoisotopic (exact) mass is 303 g/mol. The molecule has 0 aromatic heterocycles. The Balaban J connectivity index is 1.94. The Morgan fingerprint density at radius 3 is 2.18 bits per heavy atom. The van der Waals surface area contributed by atoms with Gasteiger partial charge in [-0.3, -0.25) is 4.79 Å². The molecule has 0 radical (unpaired) electrons. The van der Waals surface area contributed by atoms with Gasteiger partial charge in [-0.1, -0.05) is 17.7 Å². The lowest BCUT2D eigenvalue weighted by Gasteiger charge is -2.37. The van der Waals surface area contributed by atoms with Gasteiger partial charge in [-0.25, -0.2) is 4.79 Å². The fourth-order valence-corrected chi connectivity index (χ4v) is 2.76. The summed E-state index contributed by atoms with van der Waals surface area (Å²) in [6, 6.07) is 7.73. The topological polar surface area (TPSA) is 43.9 Å². The number of hydrogen-bond donors (Lipinski definition) is 0. The summed E-state index contributed by atoms with van der Waals surface area (Å²) in [5.74, 6) is 0.0543. The van der Waals surface area contributed by atoms with Gasteiger partial charge in [0.2, 0.25) is 0 Å². The molecule has 2 rings (SSSR count). The maximum Gasteiger partial charge on any atom is 0.320 e. The first-order valence-corrected chi connectivity index (χ1v) is 7.96. The third-order valence-corrected chi connectivity index (χ3v) is 4.14. The van der Waals surface area contributed by atoms with Crippen LogP contribution in [0.1, 0.15) is 29.8 Å². The van der Waals surface area contributed by atoms with Crippen LogP contribution in [0.5, 0.6) is 0 Å². The van der Waals surface area contributed by atoms with E-state index in [1.54, 1.807) is 0 Å². The van der Waals surface area contributed by atoms with Crippen LogP contribution in [0.25, 0.3) is 0 Å². The number of carbonyl (C=O) groups is 2. The minimum absolute atomic E-state index is 0.0543. The van der Waals surface area contributed by atoms with E-state index in [0.717, 1.165) is 24.2 Å². The molecule has 1 saturated heterocycles. The first-order valence-electron chi connectivity index (χ1n) is 7.96. The average molecular weight is 303 g/mol. The van der Waals surface area contributed by atoms with Crippen molar-refractivity contribution in [2.45, 2.75) is 20.8 Å². The van der Waals surface area contributed by atoms with Crippen LogP contribution in [0, 0.1) is 6.92 Å². The van der Waals surface area contributed by atoms with Gasteiger partial charge in [0.05, 0.1) is 0 Å². The van der Waals surface area contributed by atoms with Crippen molar-refractivity contribution in [3.63, 3.8) is 0 Å². The van der Waals surface area contributed by atoms with E-state index in [-0.39, 0.29) is 11.9 Å². The number of hydrogen-bond acceptors (Lipinski definition) is 2. The Labute approximate surface area is 132 Å². The van der Waals surface area contributed by atoms with Gasteiger partial charge in [0.1, 0.15) is 0 Å². The van der Waals surface area contributed by atoms with Crippen molar-refractivity contribution in [3.05, 3.63) is 35.4 Å². The highest BCUT2D eigenvalue weighted by Gasteiger charge is 2.26. The van der Waals surface area contributed by atoms with E-state index in [0.29, 0.717) is 26.2 Å². The van der Waals surface area contributed by atoms with Crippen LogP contribution in [0.3, 0.4) is 0 Å². The summed E-state index contributed by atoms with van der Waals surface area (Å²) in [7, 11) is 0. The molecule has 0 saturated carbocycles. The normalized spacial score (nSPS) is 14.9. The number of aryl methyl sites for hydroxylation is 1. The summed E-state index contributed by atoms with van der Waals surface area (Å²) in [5.41, 5.74) is 1.81. The number of amides is 3. The van der Waals surface area contributed by atoms with Gasteiger partial charge in [0, 0.05) is 44.8 Å². The lowest BCUT2D eigenvalue weighted by molar-refractivity contribution is 0.0641. The largest absolute Gasteiger partial charge is 0.335 e. The molecule has 5 nitrogen and oxygen atoms in total. The van der Waals surface area contributed by atoms with Crippen molar-refractivity contribution in [2.24, 2.45) is 0 Å². The standard InChI is InChI=1S/C17H25N3O2/c1-4-18(5-2)17(22)20-11-9-19(10-12-20)16(21)15-8-6-7-14(3)13-15/h6-8,13H,4-5,9-12H2,1-3H3. The first kappa shape index (κ1) is 16.3. The quantitative estimate of drug-likeness (QED) is 0.859. The molecule has 0 spiro atoms. The summed E-state index contributed by atoms with van der Waals surface area (Å²) in [6.45, 7) is 9.80. The molecule has 1 aromatic rings. The summed E-state index contributed by atoms with van der Waals surface area (Å²) < 4.78 is 0. The van der Waals surface area contributed by atoms with Crippen LogP contribution in [-0.4, -0.2) is 65.9 Å². The van der Waals surface area contributed by atoms with E-state index in [9.17, 15) is 9.59 Å². The van der Waals surface area contributed by atoms with Crippen molar-refractivity contribution in [1.82, 2.24) is 14.7 Å². The van der Waals surface area contributed by atoms with Crippen molar-refractivity contribution in [1.29, 1.82) is 0 Å². The Hall–Kier alpha value is -2.04. The van der Waals surface area contributed by atoms with E-state index in [2.05, 4.69) is 0 Å². The Bertz CT molecular complexity index is 532. The molecule has 0 aliphatic carbocycles. The number of rotatable bonds is 3. The van der Waals surface area contributed by atoms with Crippen molar-refractivity contribution >= 4 is 11.9 Å². The molecule has 0 unspecified atom stereocenters. The number of carbonyl (C=O) groups excluding carboxylic acids is 2. The van der Waals surface area contributed by atoms with Gasteiger partial charge < -0.3 is 14.7 Å². The Morgan fingerprint density at radius 2 is 1.64 bits per heavy atom. The molecule has 5 heteroatoms. The van der Waals surface area contributed by atoms with Crippen molar-refractivity contribution in [2.75, 3.05) is 39.3 Å². The zero-order valence-electron chi connectivity index (χ0n) is 13.7. The van der Waals surface area contributed by atoms with E-state index >= 15 is 0 Å². The van der Waals surface area contributed by atoms with Crippen molar-refractivity contribution in [3.8, 4) is 0 Å². The van der Waals surface area contributed by atoms with E-state index in [1.165, 1.54) is 0 Å². The number of benzene rings is 1. The average Bonchev–Trinajstić information content (AvgIpc) is 2.55. The minimum atomic E-state index is 0.0543. The maximum atomic E-state index is 12.5. The summed E-state index contributed by atoms with van der Waals surface area (Å²) >= 11 is 0. The molecular weight excluding hydrogens is 278 g/mol. The molecule has 1 aliphatic heterocycles. The molecule has 0 N–H and O–H groups in total. The third-order valence-electron chi connectivity index (χ3n) is 4.14. The zero-order valence-corrected chi connectivity index (χ0v) is 13.7. The fraction of sp³-hybridized carbons (Fsp3) is 0.529. The van der Waals surface area contributed by atoms with E-state index in [4.69, 9.17) is 0 Å². The second-order valence-electron chi connectivity index (χ2n) is 5.60. The molecular formula is C17H25N3O2. The highest BCUT2D eigenvalue weighted by Crippen LogP contribution is 2.11. The molecule has 1 heterocycles. The fourth-order valence-electron chi connectivity index (χ4n) is 2.76. The van der Waals surface area contributed by atoms with E-state index in [1.807, 2.05) is 59.7 Å². The molecule has 1 aromatic carbocycles. The van der Waals surface area contributed by atoms with Crippen LogP contribution in [0.4, 0.5) is 4.79 Å². The Kier molecular flexibility index (Phi) is 5.41. The van der Waals surface area contributed by atoms with Gasteiger partial charge in [-0.05, 0) is 32.9 Å². The SMILES string of the molecule is CCN(CC)C(=O)N1CCN(C(=O)c2cccc(C)c2)CC1. The third kappa shape index (κ3) is 3.59. The van der Waals surface area contributed by atoms with Gasteiger partial charge in [0.25, 0.3) is 5.91 Å². The molecule has 1 aliphatic rings. The molecule has 0 atom stereocenters. The highest BCUT2D eigenvalue weighted by atomic mass is 16.2. The van der Waals surface area contributed by atoms with Gasteiger partial charge in [0.15, 0.2) is 0 Å². The molecule has 3 amide bonds. The highest BCUT2D eigenvalue weighted by molar-refractivity contribution is 5.94. The predicted molar refractivity (Wildman–Crippen MR) is 87.0 cm³/mol. The smallest absolute Gasteiger partial charge is 0.320 e. The van der Waals surface area contributed by atoms with Gasteiger partial charge in [-0.15, -0.1) is 0 Å². The Morgan fingerprint density at radius 1 is 1.05 bits per heavy atom. The molecule has 0 bridgehead atoms. The number of urea groups is 1. The predicted octanol–water partition coefficient (Wildman–Crippen LogP) is 2.21. The molecule has 120 valence electrons. The zero-order chi connectivity index (χ0) is 16.1. The van der Waals surface area contributed by atoms with Crippen LogP contribution in [-0.2, 0) is 0 Å². The molecule has 1 fully saturated rings. The van der Waals surface area contributed by atoms with Crippen LogP contribution in [0.15, 0.2) is 24.3 Å². The maximum absolute atomic E-state index is 12.5. The van der Waals surface area contributed by atoms with Crippen LogP contribution < -0.4 is 0 Å². The lowest BCUT2D eigenvalue weighted by atomic mass is 10.1. The first-order chi connectivity index (χ1) is 10.6. The molecule has 22 heavy (non-hydrogen) atoms. The summed E-state index contributed by atoms with van der Waals surface area (Å²) in [4.78, 5) is 30.3. The van der Waals surface area contributed by atoms with Crippen LogP contribution in [0.2, 0.25) is 0 Å². The number of nitrogens with zero attached hydrogens (tertiary/aromatic N) is 3. The van der Waals surface area contributed by atoms with E-state index < -0.39 is 0 Å². The minimum Gasteiger partial charge on any atom is -0.335 e. The lowest BCUT2D eigenvalue weighted by Crippen LogP contribution is -2.54. The van der Waals surface area contributed by atoms with Gasteiger partial charge in [-0.2, -0.15) is 0 Å². The second kappa shape index (κ2) is 7.29. The summed E-state index contributed by atoms with van der Waals surface area (Å²) in [6.07, 6.45) is 0. The second-order valence-corrected chi connectivity index (χ2v) is 5.60. The summed E-state index contributed by atoms with van der Waals surface area (Å²) in [5, 5.41) is 0.